The van der Waals surface area contributed by atoms with Crippen LogP contribution < -0.4 is 10.6 Å². The third-order valence-electron chi connectivity index (χ3n) is 2.49. The first kappa shape index (κ1) is 17.5. The van der Waals surface area contributed by atoms with Gasteiger partial charge in [-0.15, -0.1) is 11.3 Å². The van der Waals surface area contributed by atoms with Gasteiger partial charge in [-0.2, -0.15) is 0 Å². The molecule has 1 aromatic heterocycles. The lowest BCUT2D eigenvalue weighted by molar-refractivity contribution is 0.0513. The van der Waals surface area contributed by atoms with Crippen molar-refractivity contribution in [1.82, 2.24) is 10.6 Å². The van der Waals surface area contributed by atoms with Gasteiger partial charge in [0.1, 0.15) is 5.60 Å². The van der Waals surface area contributed by atoms with Gasteiger partial charge >= 0.3 is 6.09 Å². The van der Waals surface area contributed by atoms with Crippen molar-refractivity contribution in [2.75, 3.05) is 6.54 Å². The van der Waals surface area contributed by atoms with E-state index >= 15 is 0 Å². The minimum atomic E-state index is -0.469. The molecule has 0 bridgehead atoms. The van der Waals surface area contributed by atoms with E-state index in [2.05, 4.69) is 26.6 Å². The third kappa shape index (κ3) is 6.72. The van der Waals surface area contributed by atoms with Crippen LogP contribution in [0.25, 0.3) is 0 Å². The maximum atomic E-state index is 11.6. The molecule has 114 valence electrons. The Bertz CT molecular complexity index is 452. The average Bonchev–Trinajstić information content (AvgIpc) is 2.68. The molecule has 0 aliphatic heterocycles. The van der Waals surface area contributed by atoms with Crippen LogP contribution in [-0.2, 0) is 11.3 Å². The number of nitrogens with one attached hydrogen (secondary N) is 2. The summed E-state index contributed by atoms with van der Waals surface area (Å²) < 4.78 is 6.34. The molecule has 0 radical (unpaired) electrons. The van der Waals surface area contributed by atoms with E-state index in [0.717, 1.165) is 11.0 Å². The van der Waals surface area contributed by atoms with E-state index < -0.39 is 5.60 Å². The number of alkyl carbamates (subject to hydrolysis) is 1. The predicted molar refractivity (Wildman–Crippen MR) is 87.2 cm³/mol. The molecule has 1 rings (SSSR count). The molecule has 0 saturated carbocycles. The van der Waals surface area contributed by atoms with Crippen molar-refractivity contribution in [2.45, 2.75) is 52.3 Å². The summed E-state index contributed by atoms with van der Waals surface area (Å²) in [5, 5.41) is 8.27. The first-order valence-corrected chi connectivity index (χ1v) is 8.20. The van der Waals surface area contributed by atoms with Crippen LogP contribution in [0.4, 0.5) is 4.79 Å². The Labute approximate surface area is 133 Å². The summed E-state index contributed by atoms with van der Waals surface area (Å²) in [7, 11) is 0. The van der Waals surface area contributed by atoms with Gasteiger partial charge in [-0.3, -0.25) is 0 Å². The van der Waals surface area contributed by atoms with Crippen LogP contribution in [0.3, 0.4) is 0 Å². The Morgan fingerprint density at radius 2 is 2.00 bits per heavy atom. The zero-order valence-corrected chi connectivity index (χ0v) is 15.1. The Hall–Kier alpha value is -0.590. The summed E-state index contributed by atoms with van der Waals surface area (Å²) >= 11 is 5.21. The van der Waals surface area contributed by atoms with Gasteiger partial charge in [-0.05, 0) is 62.0 Å². The van der Waals surface area contributed by atoms with Crippen LogP contribution in [0.5, 0.6) is 0 Å². The summed E-state index contributed by atoms with van der Waals surface area (Å²) in [4.78, 5) is 12.9. The van der Waals surface area contributed by atoms with Gasteiger partial charge in [0.2, 0.25) is 0 Å². The molecule has 2 N–H and O–H groups in total. The van der Waals surface area contributed by atoms with Crippen molar-refractivity contribution in [1.29, 1.82) is 0 Å². The maximum absolute atomic E-state index is 11.6. The fourth-order valence-electron chi connectivity index (χ4n) is 1.44. The number of carbonyl (C=O) groups is 1. The monoisotopic (exact) mass is 362 g/mol. The summed E-state index contributed by atoms with van der Waals surface area (Å²) in [5.41, 5.74) is -0.677. The van der Waals surface area contributed by atoms with Gasteiger partial charge in [0.25, 0.3) is 0 Å². The molecular formula is C14H23BrN2O2S. The SMILES string of the molecule is CC(C)(CNC(=O)OC(C)(C)C)NCc1sccc1Br. The van der Waals surface area contributed by atoms with Crippen LogP contribution >= 0.6 is 27.3 Å². The van der Waals surface area contributed by atoms with Crippen LogP contribution in [0.15, 0.2) is 15.9 Å². The smallest absolute Gasteiger partial charge is 0.407 e. The van der Waals surface area contributed by atoms with Gasteiger partial charge in [0.15, 0.2) is 0 Å². The topological polar surface area (TPSA) is 50.4 Å². The summed E-state index contributed by atoms with van der Waals surface area (Å²) in [6.07, 6.45) is -0.385. The summed E-state index contributed by atoms with van der Waals surface area (Å²) in [6.45, 7) is 10.9. The van der Waals surface area contributed by atoms with Gasteiger partial charge < -0.3 is 15.4 Å². The van der Waals surface area contributed by atoms with E-state index in [1.165, 1.54) is 4.88 Å². The maximum Gasteiger partial charge on any atom is 0.407 e. The van der Waals surface area contributed by atoms with Crippen LogP contribution in [-0.4, -0.2) is 23.8 Å². The second-order valence-electron chi connectivity index (χ2n) is 6.28. The van der Waals surface area contributed by atoms with E-state index in [9.17, 15) is 4.79 Å². The standard InChI is InChI=1S/C14H23BrN2O2S/c1-13(2,3)19-12(18)16-9-14(4,5)17-8-11-10(15)6-7-20-11/h6-7,17H,8-9H2,1-5H3,(H,16,18). The second-order valence-corrected chi connectivity index (χ2v) is 8.14. The quantitative estimate of drug-likeness (QED) is 0.834. The lowest BCUT2D eigenvalue weighted by Gasteiger charge is -2.27. The predicted octanol–water partition coefficient (Wildman–Crippen LogP) is 3.90. The highest BCUT2D eigenvalue weighted by atomic mass is 79.9. The highest BCUT2D eigenvalue weighted by Crippen LogP contribution is 2.22. The van der Waals surface area contributed by atoms with E-state index in [0.29, 0.717) is 6.54 Å². The number of rotatable bonds is 5. The van der Waals surface area contributed by atoms with Crippen LogP contribution in [0.1, 0.15) is 39.5 Å². The number of thiophene rings is 1. The Kier molecular flexibility index (Phi) is 6.04. The molecule has 4 nitrogen and oxygen atoms in total. The molecule has 0 aromatic carbocycles. The number of hydrogen-bond donors (Lipinski definition) is 2. The van der Waals surface area contributed by atoms with Crippen LogP contribution in [0, 0.1) is 0 Å². The molecule has 1 aromatic rings. The Morgan fingerprint density at radius 3 is 2.50 bits per heavy atom. The zero-order chi connectivity index (χ0) is 15.4. The van der Waals surface area contributed by atoms with Gasteiger partial charge in [0.05, 0.1) is 0 Å². The van der Waals surface area contributed by atoms with E-state index in [1.807, 2.05) is 46.1 Å². The lowest BCUT2D eigenvalue weighted by Crippen LogP contribution is -2.49. The number of amides is 1. The minimum absolute atomic E-state index is 0.208. The highest BCUT2D eigenvalue weighted by molar-refractivity contribution is 9.10. The minimum Gasteiger partial charge on any atom is -0.444 e. The Morgan fingerprint density at radius 1 is 1.35 bits per heavy atom. The molecule has 0 spiro atoms. The van der Waals surface area contributed by atoms with Crippen LogP contribution in [0.2, 0.25) is 0 Å². The van der Waals surface area contributed by atoms with E-state index in [1.54, 1.807) is 11.3 Å². The van der Waals surface area contributed by atoms with Gasteiger partial charge in [0, 0.05) is 28.0 Å². The number of hydrogen-bond acceptors (Lipinski definition) is 4. The summed E-state index contributed by atoms with van der Waals surface area (Å²) in [5.74, 6) is 0. The average molecular weight is 363 g/mol. The van der Waals surface area contributed by atoms with Gasteiger partial charge in [-0.25, -0.2) is 4.79 Å². The van der Waals surface area contributed by atoms with Crippen molar-refractivity contribution in [3.05, 3.63) is 20.8 Å². The zero-order valence-electron chi connectivity index (χ0n) is 12.7. The fraction of sp³-hybridized carbons (Fsp3) is 0.643. The first-order valence-electron chi connectivity index (χ1n) is 6.53. The Balaban J connectivity index is 2.38. The van der Waals surface area contributed by atoms with Crippen molar-refractivity contribution >= 4 is 33.4 Å². The molecular weight excluding hydrogens is 340 g/mol. The normalized spacial score (nSPS) is 12.3. The molecule has 1 heterocycles. The largest absolute Gasteiger partial charge is 0.444 e. The van der Waals surface area contributed by atoms with Gasteiger partial charge in [-0.1, -0.05) is 0 Å². The number of carbonyl (C=O) groups excluding carboxylic acids is 1. The molecule has 0 unspecified atom stereocenters. The summed E-state index contributed by atoms with van der Waals surface area (Å²) in [6, 6.07) is 2.04. The van der Waals surface area contributed by atoms with Crippen molar-refractivity contribution in [3.8, 4) is 0 Å². The fourth-order valence-corrected chi connectivity index (χ4v) is 2.87. The number of halogens is 1. The van der Waals surface area contributed by atoms with E-state index in [-0.39, 0.29) is 11.6 Å². The molecule has 1 amide bonds. The molecule has 0 atom stereocenters. The second kappa shape index (κ2) is 6.91. The molecule has 0 saturated heterocycles. The number of ether oxygens (including phenoxy) is 1. The molecule has 0 aliphatic carbocycles. The van der Waals surface area contributed by atoms with Crippen molar-refractivity contribution in [2.24, 2.45) is 0 Å². The molecule has 20 heavy (non-hydrogen) atoms. The van der Waals surface area contributed by atoms with Crippen molar-refractivity contribution < 1.29 is 9.53 Å². The first-order chi connectivity index (χ1) is 9.09. The lowest BCUT2D eigenvalue weighted by atomic mass is 10.1. The molecule has 0 fully saturated rings. The molecule has 6 heteroatoms. The third-order valence-corrected chi connectivity index (χ3v) is 4.42. The molecule has 0 aliphatic rings. The van der Waals surface area contributed by atoms with Crippen molar-refractivity contribution in [3.63, 3.8) is 0 Å². The van der Waals surface area contributed by atoms with E-state index in [4.69, 9.17) is 4.74 Å². The highest BCUT2D eigenvalue weighted by Gasteiger charge is 2.21.